The number of nitrogens with one attached hydrogen (secondary N) is 1. The molecular weight excluding hydrogens is 292 g/mol. The lowest BCUT2D eigenvalue weighted by molar-refractivity contribution is 0.445. The number of hydrogen-bond donors (Lipinski definition) is 1. The average molecular weight is 329 g/mol. The molecule has 0 saturated carbocycles. The van der Waals surface area contributed by atoms with E-state index in [0.717, 1.165) is 31.5 Å². The van der Waals surface area contributed by atoms with E-state index in [0.29, 0.717) is 5.92 Å². The summed E-state index contributed by atoms with van der Waals surface area (Å²) in [6.45, 7) is 19.9. The van der Waals surface area contributed by atoms with Crippen LogP contribution in [-0.2, 0) is 0 Å². The van der Waals surface area contributed by atoms with E-state index < -0.39 is 0 Å². The fourth-order valence-electron chi connectivity index (χ4n) is 3.10. The minimum absolute atomic E-state index is 0.652. The molecule has 0 aromatic heterocycles. The maximum atomic E-state index is 4.34. The summed E-state index contributed by atoms with van der Waals surface area (Å²) < 4.78 is 0. The van der Waals surface area contributed by atoms with Gasteiger partial charge in [0.15, 0.2) is 0 Å². The van der Waals surface area contributed by atoms with Gasteiger partial charge in [0.25, 0.3) is 0 Å². The van der Waals surface area contributed by atoms with Gasteiger partial charge in [-0.1, -0.05) is 42.0 Å². The Hall–Kier alpha value is -1.70. The van der Waals surface area contributed by atoms with Crippen LogP contribution < -0.4 is 5.32 Å². The van der Waals surface area contributed by atoms with Crippen LogP contribution in [0.25, 0.3) is 0 Å². The normalized spacial score (nSPS) is 16.8. The first kappa shape index (κ1) is 20.3. The van der Waals surface area contributed by atoms with Crippen molar-refractivity contribution in [2.24, 2.45) is 5.92 Å². The molecule has 1 rings (SSSR count). The summed E-state index contributed by atoms with van der Waals surface area (Å²) in [6.07, 6.45) is 9.18. The smallest absolute Gasteiger partial charge is 0.0198 e. The Kier molecular flexibility index (Phi) is 8.10. The van der Waals surface area contributed by atoms with Crippen molar-refractivity contribution in [3.63, 3.8) is 0 Å². The average Bonchev–Trinajstić information content (AvgIpc) is 2.51. The van der Waals surface area contributed by atoms with Crippen LogP contribution in [0.15, 0.2) is 59.1 Å². The van der Waals surface area contributed by atoms with E-state index in [4.69, 9.17) is 0 Å². The Balaban J connectivity index is 2.56. The predicted octanol–water partition coefficient (Wildman–Crippen LogP) is 5.93. The third-order valence-electron chi connectivity index (χ3n) is 4.88. The highest BCUT2D eigenvalue weighted by molar-refractivity contribution is 5.31. The van der Waals surface area contributed by atoms with Gasteiger partial charge in [-0.3, -0.25) is 0 Å². The molecule has 0 heterocycles. The quantitative estimate of drug-likeness (QED) is 0.564. The second kappa shape index (κ2) is 9.56. The largest absolute Gasteiger partial charge is 0.389 e. The number of hydrogen-bond acceptors (Lipinski definition) is 2. The van der Waals surface area contributed by atoms with Gasteiger partial charge >= 0.3 is 0 Å². The van der Waals surface area contributed by atoms with Crippen LogP contribution in [0, 0.1) is 5.92 Å². The second-order valence-corrected chi connectivity index (χ2v) is 7.30. The summed E-state index contributed by atoms with van der Waals surface area (Å²) in [7, 11) is 2.15. The molecule has 0 aromatic rings. The van der Waals surface area contributed by atoms with Crippen LogP contribution in [0.3, 0.4) is 0 Å². The van der Waals surface area contributed by atoms with E-state index in [1.807, 2.05) is 6.92 Å². The van der Waals surface area contributed by atoms with Crippen molar-refractivity contribution >= 4 is 0 Å². The van der Waals surface area contributed by atoms with Gasteiger partial charge in [-0.05, 0) is 59.8 Å². The summed E-state index contributed by atoms with van der Waals surface area (Å²) in [5.74, 6) is 0.652. The summed E-state index contributed by atoms with van der Waals surface area (Å²) in [4.78, 5) is 2.29. The highest BCUT2D eigenvalue weighted by Crippen LogP contribution is 2.28. The van der Waals surface area contributed by atoms with E-state index in [-0.39, 0.29) is 0 Å². The SMILES string of the molecule is C=C(C)NCCC(=C(C)C)N(C)C(=C)CCC1C=C(C)C(C)=CC1. The zero-order valence-corrected chi connectivity index (χ0v) is 16.6. The Labute approximate surface area is 149 Å². The molecule has 0 aliphatic heterocycles. The molecule has 1 aliphatic rings. The first-order chi connectivity index (χ1) is 11.2. The zero-order chi connectivity index (χ0) is 18.3. The molecule has 1 unspecified atom stereocenters. The van der Waals surface area contributed by atoms with E-state index in [2.05, 4.69) is 70.3 Å². The van der Waals surface area contributed by atoms with Crippen molar-refractivity contribution in [1.82, 2.24) is 10.2 Å². The van der Waals surface area contributed by atoms with E-state index >= 15 is 0 Å². The Morgan fingerprint density at radius 1 is 1.17 bits per heavy atom. The van der Waals surface area contributed by atoms with Gasteiger partial charge in [0.05, 0.1) is 0 Å². The minimum atomic E-state index is 0.652. The molecule has 0 spiro atoms. The molecule has 2 heteroatoms. The third-order valence-corrected chi connectivity index (χ3v) is 4.88. The Morgan fingerprint density at radius 3 is 2.38 bits per heavy atom. The summed E-state index contributed by atoms with van der Waals surface area (Å²) in [6, 6.07) is 0. The molecule has 0 aromatic carbocycles. The monoisotopic (exact) mass is 328 g/mol. The summed E-state index contributed by atoms with van der Waals surface area (Å²) >= 11 is 0. The molecule has 134 valence electrons. The standard InChI is InChI=1S/C22H36N2/c1-16(2)22(13-14-23-17(3)4)24(8)20(7)10-12-21-11-9-18(5)19(6)15-21/h9,15,21,23H,3,7,10-14H2,1-2,4-6,8H3. The Bertz CT molecular complexity index is 557. The van der Waals surface area contributed by atoms with Gasteiger partial charge in [-0.2, -0.15) is 0 Å². The van der Waals surface area contributed by atoms with Gasteiger partial charge in [-0.15, -0.1) is 0 Å². The van der Waals surface area contributed by atoms with Crippen molar-refractivity contribution in [3.05, 3.63) is 59.1 Å². The first-order valence-electron chi connectivity index (χ1n) is 9.05. The van der Waals surface area contributed by atoms with E-state index in [1.54, 1.807) is 0 Å². The maximum absolute atomic E-state index is 4.34. The highest BCUT2D eigenvalue weighted by atomic mass is 15.1. The van der Waals surface area contributed by atoms with Crippen LogP contribution in [0.4, 0.5) is 0 Å². The molecule has 1 N–H and O–H groups in total. The highest BCUT2D eigenvalue weighted by Gasteiger charge is 2.14. The molecule has 24 heavy (non-hydrogen) atoms. The van der Waals surface area contributed by atoms with Crippen molar-refractivity contribution in [3.8, 4) is 0 Å². The molecule has 1 atom stereocenters. The van der Waals surface area contributed by atoms with Gasteiger partial charge in [0.1, 0.15) is 0 Å². The fourth-order valence-corrected chi connectivity index (χ4v) is 3.10. The number of rotatable bonds is 9. The number of allylic oxidation sites excluding steroid dienone is 7. The molecule has 0 fully saturated rings. The zero-order valence-electron chi connectivity index (χ0n) is 16.6. The summed E-state index contributed by atoms with van der Waals surface area (Å²) in [5, 5.41) is 3.32. The van der Waals surface area contributed by atoms with Crippen molar-refractivity contribution in [2.45, 2.75) is 60.3 Å². The fraction of sp³-hybridized carbons (Fsp3) is 0.545. The second-order valence-electron chi connectivity index (χ2n) is 7.30. The lowest BCUT2D eigenvalue weighted by Gasteiger charge is -2.28. The van der Waals surface area contributed by atoms with Gasteiger partial charge in [-0.25, -0.2) is 0 Å². The molecule has 1 aliphatic carbocycles. The lowest BCUT2D eigenvalue weighted by Crippen LogP contribution is -2.22. The Morgan fingerprint density at radius 2 is 1.83 bits per heavy atom. The van der Waals surface area contributed by atoms with Gasteiger partial charge < -0.3 is 10.2 Å². The van der Waals surface area contributed by atoms with Crippen molar-refractivity contribution in [2.75, 3.05) is 13.6 Å². The van der Waals surface area contributed by atoms with Crippen molar-refractivity contribution < 1.29 is 0 Å². The van der Waals surface area contributed by atoms with Gasteiger partial charge in [0, 0.05) is 37.1 Å². The lowest BCUT2D eigenvalue weighted by atomic mass is 9.88. The topological polar surface area (TPSA) is 15.3 Å². The predicted molar refractivity (Wildman–Crippen MR) is 108 cm³/mol. The minimum Gasteiger partial charge on any atom is -0.389 e. The first-order valence-corrected chi connectivity index (χ1v) is 9.05. The van der Waals surface area contributed by atoms with E-state index in [1.165, 1.54) is 34.5 Å². The van der Waals surface area contributed by atoms with Crippen molar-refractivity contribution in [1.29, 1.82) is 0 Å². The van der Waals surface area contributed by atoms with Crippen LogP contribution in [-0.4, -0.2) is 18.5 Å². The molecule has 0 bridgehead atoms. The van der Waals surface area contributed by atoms with Crippen LogP contribution in [0.1, 0.15) is 60.3 Å². The van der Waals surface area contributed by atoms with Crippen LogP contribution >= 0.6 is 0 Å². The molecule has 0 amide bonds. The number of nitrogens with zero attached hydrogens (tertiary/aromatic N) is 1. The summed E-state index contributed by atoms with van der Waals surface area (Å²) in [5.41, 5.74) is 7.81. The van der Waals surface area contributed by atoms with E-state index in [9.17, 15) is 0 Å². The van der Waals surface area contributed by atoms with Crippen LogP contribution in [0.5, 0.6) is 0 Å². The molecule has 0 radical (unpaired) electrons. The molecule has 2 nitrogen and oxygen atoms in total. The maximum Gasteiger partial charge on any atom is 0.0198 e. The molecule has 0 saturated heterocycles. The molecular formula is C22H36N2. The van der Waals surface area contributed by atoms with Gasteiger partial charge in [0.2, 0.25) is 0 Å². The van der Waals surface area contributed by atoms with Crippen LogP contribution in [0.2, 0.25) is 0 Å². The third kappa shape index (κ3) is 6.43.